The van der Waals surface area contributed by atoms with E-state index in [-0.39, 0.29) is 13.2 Å². The van der Waals surface area contributed by atoms with Gasteiger partial charge in [0.15, 0.2) is 11.3 Å². The van der Waals surface area contributed by atoms with Crippen molar-refractivity contribution in [1.29, 1.82) is 0 Å². The Morgan fingerprint density at radius 1 is 1.46 bits per heavy atom. The number of rotatable bonds is 2. The highest BCUT2D eigenvalue weighted by molar-refractivity contribution is 5.72. The van der Waals surface area contributed by atoms with E-state index in [1.807, 2.05) is 0 Å². The fourth-order valence-corrected chi connectivity index (χ4v) is 1.28. The Labute approximate surface area is 76.9 Å². The smallest absolute Gasteiger partial charge is 0.412 e. The van der Waals surface area contributed by atoms with Gasteiger partial charge in [0.25, 0.3) is 0 Å². The summed E-state index contributed by atoms with van der Waals surface area (Å²) in [6.07, 6.45) is -0.593. The van der Waals surface area contributed by atoms with Gasteiger partial charge in [0, 0.05) is 0 Å². The van der Waals surface area contributed by atoms with E-state index < -0.39 is 17.4 Å². The van der Waals surface area contributed by atoms with E-state index in [0.717, 1.165) is 4.90 Å². The Hall–Kier alpha value is -0.810. The zero-order chi connectivity index (χ0) is 10.3. The minimum atomic E-state index is -1.37. The van der Waals surface area contributed by atoms with Gasteiger partial charge in [0.1, 0.15) is 0 Å². The van der Waals surface area contributed by atoms with Crippen LogP contribution in [0.1, 0.15) is 20.8 Å². The summed E-state index contributed by atoms with van der Waals surface area (Å²) in [6.45, 7) is 4.63. The highest BCUT2D eigenvalue weighted by atomic mass is 16.6. The fourth-order valence-electron chi connectivity index (χ4n) is 1.28. The number of hydrogen-bond donors (Lipinski definition) is 2. The van der Waals surface area contributed by atoms with Crippen molar-refractivity contribution >= 4 is 6.09 Å². The summed E-state index contributed by atoms with van der Waals surface area (Å²) in [5.41, 5.74) is -2.31. The van der Waals surface area contributed by atoms with Gasteiger partial charge < -0.3 is 14.9 Å². The third-order valence-electron chi connectivity index (χ3n) is 2.55. The predicted molar refractivity (Wildman–Crippen MR) is 45.0 cm³/mol. The van der Waals surface area contributed by atoms with Crippen LogP contribution in [0.3, 0.4) is 0 Å². The van der Waals surface area contributed by atoms with Crippen LogP contribution in [-0.2, 0) is 4.74 Å². The van der Waals surface area contributed by atoms with Crippen LogP contribution in [0.4, 0.5) is 4.79 Å². The molecule has 1 saturated heterocycles. The van der Waals surface area contributed by atoms with Gasteiger partial charge in [-0.25, -0.2) is 4.79 Å². The lowest BCUT2D eigenvalue weighted by Crippen LogP contribution is -2.54. The Morgan fingerprint density at radius 3 is 2.31 bits per heavy atom. The molecule has 1 aliphatic rings. The third kappa shape index (κ3) is 1.38. The number of cyclic esters (lactones) is 1. The van der Waals surface area contributed by atoms with E-state index in [9.17, 15) is 9.90 Å². The van der Waals surface area contributed by atoms with Crippen LogP contribution < -0.4 is 0 Å². The van der Waals surface area contributed by atoms with Crippen molar-refractivity contribution in [3.63, 3.8) is 0 Å². The largest absolute Gasteiger partial charge is 0.438 e. The maximum atomic E-state index is 11.2. The molecule has 0 aromatic heterocycles. The molecule has 0 unspecified atom stereocenters. The second kappa shape index (κ2) is 2.85. The first kappa shape index (κ1) is 10.3. The number of aliphatic hydroxyl groups is 2. The second-order valence-electron chi connectivity index (χ2n) is 3.77. The van der Waals surface area contributed by atoms with Crippen molar-refractivity contribution in [1.82, 2.24) is 4.90 Å². The van der Waals surface area contributed by atoms with Crippen molar-refractivity contribution in [3.8, 4) is 0 Å². The van der Waals surface area contributed by atoms with Crippen LogP contribution in [0.25, 0.3) is 0 Å². The normalized spacial score (nSPS) is 32.1. The lowest BCUT2D eigenvalue weighted by atomic mass is 9.96. The maximum Gasteiger partial charge on any atom is 0.412 e. The summed E-state index contributed by atoms with van der Waals surface area (Å²) in [6, 6.07) is 0. The second-order valence-corrected chi connectivity index (χ2v) is 3.77. The molecule has 1 amide bonds. The first-order valence-corrected chi connectivity index (χ1v) is 4.17. The number of hydrogen-bond acceptors (Lipinski definition) is 4. The Kier molecular flexibility index (Phi) is 2.25. The molecule has 1 fully saturated rings. The van der Waals surface area contributed by atoms with Crippen molar-refractivity contribution in [2.75, 3.05) is 13.2 Å². The van der Waals surface area contributed by atoms with Gasteiger partial charge in [-0.1, -0.05) is 0 Å². The van der Waals surface area contributed by atoms with E-state index in [0.29, 0.717) is 0 Å². The van der Waals surface area contributed by atoms with E-state index in [2.05, 4.69) is 0 Å². The molecule has 1 heterocycles. The molecule has 76 valence electrons. The highest BCUT2D eigenvalue weighted by Gasteiger charge is 2.56. The van der Waals surface area contributed by atoms with Gasteiger partial charge in [-0.3, -0.25) is 4.90 Å². The molecule has 1 atom stereocenters. The zero-order valence-corrected chi connectivity index (χ0v) is 8.07. The molecule has 0 saturated carbocycles. The highest BCUT2D eigenvalue weighted by Crippen LogP contribution is 2.36. The van der Waals surface area contributed by atoms with Crippen LogP contribution in [0, 0.1) is 0 Å². The van der Waals surface area contributed by atoms with Gasteiger partial charge in [-0.15, -0.1) is 0 Å². The van der Waals surface area contributed by atoms with Crippen LogP contribution in [0.2, 0.25) is 0 Å². The summed E-state index contributed by atoms with van der Waals surface area (Å²) in [5.74, 6) is 0. The van der Waals surface area contributed by atoms with Gasteiger partial charge >= 0.3 is 6.09 Å². The minimum Gasteiger partial charge on any atom is -0.438 e. The summed E-state index contributed by atoms with van der Waals surface area (Å²) in [5, 5.41) is 18.6. The number of carbonyl (C=O) groups is 1. The molecule has 2 N–H and O–H groups in total. The van der Waals surface area contributed by atoms with E-state index in [4.69, 9.17) is 9.84 Å². The van der Waals surface area contributed by atoms with Crippen LogP contribution in [0.5, 0.6) is 0 Å². The first-order chi connectivity index (χ1) is 5.83. The monoisotopic (exact) mass is 189 g/mol. The standard InChI is InChI=1S/C8H15NO4/c1-7(2)8(3,12)9(4-5-10)6(11)13-7/h10,12H,4-5H2,1-3H3/t8-/m1/s1. The quantitative estimate of drug-likeness (QED) is 0.637. The molecular formula is C8H15NO4. The average molecular weight is 189 g/mol. The molecule has 0 bridgehead atoms. The maximum absolute atomic E-state index is 11.2. The number of β-amino-alcohol motifs (C(OH)–C–C–N with tert-alkyl or cyclic N) is 1. The van der Waals surface area contributed by atoms with Crippen molar-refractivity contribution in [3.05, 3.63) is 0 Å². The SMILES string of the molecule is CC1(C)OC(=O)N(CCO)[C@]1(C)O. The predicted octanol–water partition coefficient (Wildman–Crippen LogP) is -0.0820. The summed E-state index contributed by atoms with van der Waals surface area (Å²) < 4.78 is 4.96. The zero-order valence-electron chi connectivity index (χ0n) is 8.07. The molecule has 1 rings (SSSR count). The molecule has 0 radical (unpaired) electrons. The molecule has 1 aliphatic heterocycles. The molecule has 0 aliphatic carbocycles. The van der Waals surface area contributed by atoms with E-state index in [1.165, 1.54) is 6.92 Å². The van der Waals surface area contributed by atoms with Crippen LogP contribution >= 0.6 is 0 Å². The number of nitrogens with zero attached hydrogens (tertiary/aromatic N) is 1. The Morgan fingerprint density at radius 2 is 2.00 bits per heavy atom. The molecule has 13 heavy (non-hydrogen) atoms. The van der Waals surface area contributed by atoms with E-state index >= 15 is 0 Å². The number of aliphatic hydroxyl groups excluding tert-OH is 1. The third-order valence-corrected chi connectivity index (χ3v) is 2.55. The fraction of sp³-hybridized carbons (Fsp3) is 0.875. The number of ether oxygens (including phenoxy) is 1. The summed E-state index contributed by atoms with van der Waals surface area (Å²) in [4.78, 5) is 12.3. The summed E-state index contributed by atoms with van der Waals surface area (Å²) in [7, 11) is 0. The molecular weight excluding hydrogens is 174 g/mol. The van der Waals surface area contributed by atoms with Gasteiger partial charge in [0.2, 0.25) is 0 Å². The van der Waals surface area contributed by atoms with E-state index in [1.54, 1.807) is 13.8 Å². The molecule has 5 nitrogen and oxygen atoms in total. The Bertz CT molecular complexity index is 224. The van der Waals surface area contributed by atoms with Crippen LogP contribution in [0.15, 0.2) is 0 Å². The molecule has 0 aromatic rings. The van der Waals surface area contributed by atoms with Crippen molar-refractivity contribution < 1.29 is 19.7 Å². The van der Waals surface area contributed by atoms with Gasteiger partial charge in [-0.2, -0.15) is 0 Å². The number of amides is 1. The molecule has 5 heteroatoms. The Balaban J connectivity index is 2.91. The lowest BCUT2D eigenvalue weighted by Gasteiger charge is -2.34. The molecule has 0 aromatic carbocycles. The van der Waals surface area contributed by atoms with Crippen molar-refractivity contribution in [2.24, 2.45) is 0 Å². The molecule has 0 spiro atoms. The lowest BCUT2D eigenvalue weighted by molar-refractivity contribution is -0.129. The van der Waals surface area contributed by atoms with Crippen molar-refractivity contribution in [2.45, 2.75) is 32.1 Å². The first-order valence-electron chi connectivity index (χ1n) is 4.17. The topological polar surface area (TPSA) is 70.0 Å². The van der Waals surface area contributed by atoms with Gasteiger partial charge in [0.05, 0.1) is 13.2 Å². The number of carbonyl (C=O) groups excluding carboxylic acids is 1. The summed E-state index contributed by atoms with van der Waals surface area (Å²) >= 11 is 0. The van der Waals surface area contributed by atoms with Gasteiger partial charge in [-0.05, 0) is 20.8 Å². The van der Waals surface area contributed by atoms with Crippen LogP contribution in [-0.4, -0.2) is 45.7 Å². The average Bonchev–Trinajstić information content (AvgIpc) is 2.10. The minimum absolute atomic E-state index is 0.0786.